The highest BCUT2D eigenvalue weighted by atomic mass is 35.5. The number of aryl methyl sites for hydroxylation is 1. The predicted molar refractivity (Wildman–Crippen MR) is 54.8 cm³/mol. The number of halogens is 1. The fourth-order valence-electron chi connectivity index (χ4n) is 0.990. The molecule has 16 heavy (non-hydrogen) atoms. The quantitative estimate of drug-likeness (QED) is 0.873. The van der Waals surface area contributed by atoms with Gasteiger partial charge < -0.3 is 9.47 Å². The number of nitrogens with one attached hydrogen (secondary N) is 1. The second-order valence-electron chi connectivity index (χ2n) is 2.86. The van der Waals surface area contributed by atoms with Gasteiger partial charge in [-0.25, -0.2) is 0 Å². The van der Waals surface area contributed by atoms with Crippen molar-refractivity contribution in [3.63, 3.8) is 0 Å². The first kappa shape index (κ1) is 10.6. The molecule has 0 saturated heterocycles. The highest BCUT2D eigenvalue weighted by Gasteiger charge is 2.08. The van der Waals surface area contributed by atoms with Gasteiger partial charge in [-0.05, 0) is 18.5 Å². The van der Waals surface area contributed by atoms with Crippen LogP contribution >= 0.6 is 11.6 Å². The molecule has 0 fully saturated rings. The van der Waals surface area contributed by atoms with Crippen LogP contribution in [0.3, 0.4) is 0 Å². The van der Waals surface area contributed by atoms with Gasteiger partial charge >= 0.3 is 12.0 Å². The number of methoxy groups -OCH3 is 1. The van der Waals surface area contributed by atoms with Crippen molar-refractivity contribution >= 4 is 11.6 Å². The molecule has 0 unspecified atom stereocenters. The number of aromatic nitrogens is 5. The summed E-state index contributed by atoms with van der Waals surface area (Å²) in [7, 11) is 1.42. The van der Waals surface area contributed by atoms with Gasteiger partial charge in [0.05, 0.1) is 7.11 Å². The fourth-order valence-corrected chi connectivity index (χ4v) is 1.14. The van der Waals surface area contributed by atoms with Gasteiger partial charge in [-0.3, -0.25) is 5.10 Å². The molecule has 7 nitrogen and oxygen atoms in total. The Morgan fingerprint density at radius 2 is 2.00 bits per heavy atom. The van der Waals surface area contributed by atoms with Crippen LogP contribution in [-0.2, 0) is 0 Å². The molecule has 2 aromatic heterocycles. The third kappa shape index (κ3) is 2.37. The summed E-state index contributed by atoms with van der Waals surface area (Å²) in [6.07, 6.45) is 0. The van der Waals surface area contributed by atoms with Crippen molar-refractivity contribution in [2.45, 2.75) is 6.92 Å². The molecule has 0 aliphatic carbocycles. The Kier molecular flexibility index (Phi) is 2.86. The molecule has 2 heterocycles. The van der Waals surface area contributed by atoms with Gasteiger partial charge in [0, 0.05) is 11.8 Å². The zero-order valence-electron chi connectivity index (χ0n) is 8.56. The van der Waals surface area contributed by atoms with Gasteiger partial charge in [-0.15, -0.1) is 10.1 Å². The molecular formula is C8H8ClN5O2. The summed E-state index contributed by atoms with van der Waals surface area (Å²) in [6, 6.07) is 1.81. The maximum absolute atomic E-state index is 5.65. The summed E-state index contributed by atoms with van der Waals surface area (Å²) in [5.74, 6) is 0.349. The second kappa shape index (κ2) is 4.31. The number of H-pyrrole nitrogens is 1. The van der Waals surface area contributed by atoms with Gasteiger partial charge in [0.2, 0.25) is 11.2 Å². The average molecular weight is 242 g/mol. The molecule has 2 aromatic rings. The van der Waals surface area contributed by atoms with E-state index in [1.54, 1.807) is 6.07 Å². The monoisotopic (exact) mass is 241 g/mol. The summed E-state index contributed by atoms with van der Waals surface area (Å²) in [4.78, 5) is 11.3. The summed E-state index contributed by atoms with van der Waals surface area (Å²) in [5, 5.41) is 6.58. The lowest BCUT2D eigenvalue weighted by molar-refractivity contribution is 0.355. The maximum Gasteiger partial charge on any atom is 0.330 e. The largest absolute Gasteiger partial charge is 0.467 e. The SMILES string of the molecule is COc1nc(Cl)nc(Oc2cc(C)[nH]n2)n1. The lowest BCUT2D eigenvalue weighted by Crippen LogP contribution is -1.98. The molecule has 0 aliphatic rings. The van der Waals surface area contributed by atoms with E-state index in [4.69, 9.17) is 21.1 Å². The summed E-state index contributed by atoms with van der Waals surface area (Å²) < 4.78 is 10.1. The molecule has 2 rings (SSSR count). The van der Waals surface area contributed by atoms with Gasteiger partial charge in [0.25, 0.3) is 0 Å². The molecular weight excluding hydrogens is 234 g/mol. The lowest BCUT2D eigenvalue weighted by atomic mass is 10.5. The molecule has 0 amide bonds. The van der Waals surface area contributed by atoms with E-state index in [2.05, 4.69) is 25.1 Å². The first-order chi connectivity index (χ1) is 7.67. The van der Waals surface area contributed by atoms with Gasteiger partial charge in [-0.2, -0.15) is 9.97 Å². The predicted octanol–water partition coefficient (Wildman–Crippen LogP) is 1.36. The Hall–Kier alpha value is -1.89. The van der Waals surface area contributed by atoms with E-state index in [0.717, 1.165) is 5.69 Å². The van der Waals surface area contributed by atoms with Gasteiger partial charge in [0.15, 0.2) is 0 Å². The first-order valence-electron chi connectivity index (χ1n) is 4.33. The third-order valence-corrected chi connectivity index (χ3v) is 1.80. The minimum Gasteiger partial charge on any atom is -0.467 e. The normalized spacial score (nSPS) is 10.2. The van der Waals surface area contributed by atoms with Crippen molar-refractivity contribution in [2.24, 2.45) is 0 Å². The van der Waals surface area contributed by atoms with E-state index in [0.29, 0.717) is 5.88 Å². The van der Waals surface area contributed by atoms with E-state index in [1.165, 1.54) is 7.11 Å². The number of hydrogen-bond donors (Lipinski definition) is 1. The smallest absolute Gasteiger partial charge is 0.330 e. The molecule has 0 aromatic carbocycles. The molecule has 0 atom stereocenters. The van der Waals surface area contributed by atoms with Crippen LogP contribution < -0.4 is 9.47 Å². The molecule has 1 N–H and O–H groups in total. The van der Waals surface area contributed by atoms with Crippen LogP contribution in [0.25, 0.3) is 0 Å². The average Bonchev–Trinajstić information content (AvgIpc) is 2.63. The van der Waals surface area contributed by atoms with Crippen molar-refractivity contribution in [1.29, 1.82) is 0 Å². The van der Waals surface area contributed by atoms with Crippen LogP contribution in [0.15, 0.2) is 6.07 Å². The van der Waals surface area contributed by atoms with Crippen molar-refractivity contribution in [2.75, 3.05) is 7.11 Å². The standard InChI is InChI=1S/C8H8ClN5O2/c1-4-3-5(14-13-4)16-8-11-6(9)10-7(12-8)15-2/h3H,1-2H3,(H,13,14). The fraction of sp³-hybridized carbons (Fsp3) is 0.250. The summed E-state index contributed by atoms with van der Waals surface area (Å²) >= 11 is 5.65. The molecule has 0 saturated carbocycles. The maximum atomic E-state index is 5.65. The number of aromatic amines is 1. The Balaban J connectivity index is 2.24. The molecule has 0 bridgehead atoms. The molecule has 84 valence electrons. The van der Waals surface area contributed by atoms with E-state index in [9.17, 15) is 0 Å². The third-order valence-electron chi connectivity index (χ3n) is 1.63. The molecule has 0 spiro atoms. The van der Waals surface area contributed by atoms with Crippen molar-refractivity contribution in [3.05, 3.63) is 17.0 Å². The van der Waals surface area contributed by atoms with E-state index >= 15 is 0 Å². The van der Waals surface area contributed by atoms with Crippen molar-refractivity contribution in [3.8, 4) is 17.9 Å². The number of ether oxygens (including phenoxy) is 2. The summed E-state index contributed by atoms with van der Waals surface area (Å²) in [5.41, 5.74) is 0.863. The van der Waals surface area contributed by atoms with Crippen molar-refractivity contribution in [1.82, 2.24) is 25.1 Å². The second-order valence-corrected chi connectivity index (χ2v) is 3.20. The number of hydrogen-bond acceptors (Lipinski definition) is 6. The Labute approximate surface area is 95.8 Å². The van der Waals surface area contributed by atoms with E-state index in [-0.39, 0.29) is 17.3 Å². The summed E-state index contributed by atoms with van der Waals surface area (Å²) in [6.45, 7) is 1.85. The minimum atomic E-state index is -0.00546. The number of rotatable bonds is 3. The first-order valence-corrected chi connectivity index (χ1v) is 4.70. The topological polar surface area (TPSA) is 85.8 Å². The van der Waals surface area contributed by atoms with E-state index < -0.39 is 0 Å². The zero-order valence-corrected chi connectivity index (χ0v) is 9.32. The minimum absolute atomic E-state index is 0.00546. The Bertz CT molecular complexity index is 501. The molecule has 8 heteroatoms. The van der Waals surface area contributed by atoms with Gasteiger partial charge in [-0.1, -0.05) is 0 Å². The Morgan fingerprint density at radius 3 is 2.62 bits per heavy atom. The van der Waals surface area contributed by atoms with Crippen LogP contribution in [0.1, 0.15) is 5.69 Å². The van der Waals surface area contributed by atoms with Crippen LogP contribution in [0, 0.1) is 6.92 Å². The van der Waals surface area contributed by atoms with Crippen LogP contribution in [0.4, 0.5) is 0 Å². The van der Waals surface area contributed by atoms with E-state index in [1.807, 2.05) is 6.92 Å². The lowest BCUT2D eigenvalue weighted by Gasteiger charge is -2.01. The van der Waals surface area contributed by atoms with Crippen molar-refractivity contribution < 1.29 is 9.47 Å². The highest BCUT2D eigenvalue weighted by Crippen LogP contribution is 2.18. The molecule has 0 radical (unpaired) electrons. The highest BCUT2D eigenvalue weighted by molar-refractivity contribution is 6.28. The molecule has 0 aliphatic heterocycles. The Morgan fingerprint density at radius 1 is 1.25 bits per heavy atom. The zero-order chi connectivity index (χ0) is 11.5. The van der Waals surface area contributed by atoms with Crippen LogP contribution in [0.2, 0.25) is 5.28 Å². The van der Waals surface area contributed by atoms with Crippen LogP contribution in [-0.4, -0.2) is 32.3 Å². The van der Waals surface area contributed by atoms with Crippen LogP contribution in [0.5, 0.6) is 17.9 Å². The number of nitrogens with zero attached hydrogens (tertiary/aromatic N) is 4. The van der Waals surface area contributed by atoms with Gasteiger partial charge in [0.1, 0.15) is 0 Å².